The van der Waals surface area contributed by atoms with E-state index < -0.39 is 0 Å². The molecule has 0 aliphatic carbocycles. The van der Waals surface area contributed by atoms with Gasteiger partial charge >= 0.3 is 0 Å². The SMILES string of the molecule is CCOc1ccc(-c2nc3ccc(CN)cc3[nH]2)cc1. The number of aromatic nitrogens is 2. The van der Waals surface area contributed by atoms with Gasteiger partial charge in [0.25, 0.3) is 0 Å². The lowest BCUT2D eigenvalue weighted by Gasteiger charge is -2.02. The van der Waals surface area contributed by atoms with Crippen molar-refractivity contribution in [3.63, 3.8) is 0 Å². The van der Waals surface area contributed by atoms with Gasteiger partial charge in [-0.15, -0.1) is 0 Å². The molecule has 1 aromatic heterocycles. The molecule has 3 rings (SSSR count). The maximum absolute atomic E-state index is 5.66. The van der Waals surface area contributed by atoms with Crippen LogP contribution in [-0.4, -0.2) is 16.6 Å². The molecule has 0 saturated heterocycles. The third kappa shape index (κ3) is 2.38. The molecule has 102 valence electrons. The Balaban J connectivity index is 1.96. The molecule has 0 radical (unpaired) electrons. The van der Waals surface area contributed by atoms with Crippen LogP contribution in [0.2, 0.25) is 0 Å². The van der Waals surface area contributed by atoms with Crippen LogP contribution in [0.1, 0.15) is 12.5 Å². The Hall–Kier alpha value is -2.33. The minimum atomic E-state index is 0.535. The first-order chi connectivity index (χ1) is 9.80. The fraction of sp³-hybridized carbons (Fsp3) is 0.188. The second-order valence-electron chi connectivity index (χ2n) is 4.60. The van der Waals surface area contributed by atoms with Gasteiger partial charge in [-0.2, -0.15) is 0 Å². The zero-order chi connectivity index (χ0) is 13.9. The number of benzene rings is 2. The first kappa shape index (κ1) is 12.7. The minimum Gasteiger partial charge on any atom is -0.494 e. The predicted octanol–water partition coefficient (Wildman–Crippen LogP) is 3.09. The highest BCUT2D eigenvalue weighted by molar-refractivity contribution is 5.80. The number of rotatable bonds is 4. The zero-order valence-corrected chi connectivity index (χ0v) is 11.4. The van der Waals surface area contributed by atoms with Crippen molar-refractivity contribution in [2.75, 3.05) is 6.61 Å². The van der Waals surface area contributed by atoms with Crippen LogP contribution in [0.5, 0.6) is 5.75 Å². The van der Waals surface area contributed by atoms with Gasteiger partial charge in [0, 0.05) is 12.1 Å². The standard InChI is InChI=1S/C16H17N3O/c1-2-20-13-6-4-12(5-7-13)16-18-14-8-3-11(10-17)9-15(14)19-16/h3-9H,2,10,17H2,1H3,(H,18,19). The summed E-state index contributed by atoms with van der Waals surface area (Å²) in [5.74, 6) is 1.73. The molecule has 2 aromatic carbocycles. The van der Waals surface area contributed by atoms with E-state index in [-0.39, 0.29) is 0 Å². The molecule has 20 heavy (non-hydrogen) atoms. The molecule has 0 saturated carbocycles. The van der Waals surface area contributed by atoms with Gasteiger partial charge in [-0.1, -0.05) is 6.07 Å². The molecule has 0 fully saturated rings. The van der Waals surface area contributed by atoms with Crippen LogP contribution >= 0.6 is 0 Å². The summed E-state index contributed by atoms with van der Waals surface area (Å²) in [6, 6.07) is 14.0. The van der Waals surface area contributed by atoms with Gasteiger partial charge in [0.15, 0.2) is 0 Å². The molecular weight excluding hydrogens is 250 g/mol. The average molecular weight is 267 g/mol. The van der Waals surface area contributed by atoms with Crippen molar-refractivity contribution in [3.05, 3.63) is 48.0 Å². The first-order valence-electron chi connectivity index (χ1n) is 6.72. The van der Waals surface area contributed by atoms with E-state index in [1.54, 1.807) is 0 Å². The molecule has 0 aliphatic heterocycles. The van der Waals surface area contributed by atoms with Gasteiger partial charge in [-0.3, -0.25) is 0 Å². The van der Waals surface area contributed by atoms with E-state index in [4.69, 9.17) is 10.5 Å². The number of hydrogen-bond acceptors (Lipinski definition) is 3. The van der Waals surface area contributed by atoms with Gasteiger partial charge in [0.05, 0.1) is 17.6 Å². The largest absolute Gasteiger partial charge is 0.494 e. The maximum Gasteiger partial charge on any atom is 0.138 e. The molecule has 0 aliphatic rings. The van der Waals surface area contributed by atoms with Gasteiger partial charge in [0.2, 0.25) is 0 Å². The minimum absolute atomic E-state index is 0.535. The van der Waals surface area contributed by atoms with E-state index in [0.29, 0.717) is 13.2 Å². The summed E-state index contributed by atoms with van der Waals surface area (Å²) in [5.41, 5.74) is 9.75. The Morgan fingerprint density at radius 3 is 2.65 bits per heavy atom. The molecule has 4 nitrogen and oxygen atoms in total. The number of nitrogens with zero attached hydrogens (tertiary/aromatic N) is 1. The van der Waals surface area contributed by atoms with Gasteiger partial charge in [-0.05, 0) is 48.9 Å². The summed E-state index contributed by atoms with van der Waals surface area (Å²) in [6.45, 7) is 3.18. The van der Waals surface area contributed by atoms with Crippen molar-refractivity contribution < 1.29 is 4.74 Å². The van der Waals surface area contributed by atoms with Crippen molar-refractivity contribution in [1.82, 2.24) is 9.97 Å². The molecule has 0 unspecified atom stereocenters. The van der Waals surface area contributed by atoms with Crippen molar-refractivity contribution in [2.24, 2.45) is 5.73 Å². The number of hydrogen-bond donors (Lipinski definition) is 2. The Kier molecular flexibility index (Phi) is 3.39. The lowest BCUT2D eigenvalue weighted by Crippen LogP contribution is -1.95. The summed E-state index contributed by atoms with van der Waals surface area (Å²) in [4.78, 5) is 7.93. The predicted molar refractivity (Wildman–Crippen MR) is 80.6 cm³/mol. The number of nitrogens with one attached hydrogen (secondary N) is 1. The summed E-state index contributed by atoms with van der Waals surface area (Å²) >= 11 is 0. The fourth-order valence-electron chi connectivity index (χ4n) is 2.20. The van der Waals surface area contributed by atoms with E-state index in [9.17, 15) is 0 Å². The average Bonchev–Trinajstić information content (AvgIpc) is 2.91. The second kappa shape index (κ2) is 5.35. The van der Waals surface area contributed by atoms with E-state index >= 15 is 0 Å². The number of aromatic amines is 1. The van der Waals surface area contributed by atoms with Crippen LogP contribution in [0.3, 0.4) is 0 Å². The van der Waals surface area contributed by atoms with E-state index in [0.717, 1.165) is 33.7 Å². The van der Waals surface area contributed by atoms with Crippen molar-refractivity contribution in [1.29, 1.82) is 0 Å². The molecule has 0 bridgehead atoms. The molecule has 0 atom stereocenters. The van der Waals surface area contributed by atoms with Crippen LogP contribution in [-0.2, 0) is 6.54 Å². The van der Waals surface area contributed by atoms with Crippen molar-refractivity contribution >= 4 is 11.0 Å². The lowest BCUT2D eigenvalue weighted by atomic mass is 10.2. The Bertz CT molecular complexity index is 716. The van der Waals surface area contributed by atoms with Crippen LogP contribution < -0.4 is 10.5 Å². The lowest BCUT2D eigenvalue weighted by molar-refractivity contribution is 0.340. The Morgan fingerprint density at radius 2 is 1.95 bits per heavy atom. The van der Waals surface area contributed by atoms with E-state index in [2.05, 4.69) is 9.97 Å². The molecular formula is C16H17N3O. The van der Waals surface area contributed by atoms with Crippen LogP contribution in [0.25, 0.3) is 22.4 Å². The monoisotopic (exact) mass is 267 g/mol. The molecule has 4 heteroatoms. The summed E-state index contributed by atoms with van der Waals surface area (Å²) < 4.78 is 5.44. The summed E-state index contributed by atoms with van der Waals surface area (Å²) in [7, 11) is 0. The van der Waals surface area contributed by atoms with Gasteiger partial charge in [-0.25, -0.2) is 4.98 Å². The van der Waals surface area contributed by atoms with Crippen molar-refractivity contribution in [3.8, 4) is 17.1 Å². The first-order valence-corrected chi connectivity index (χ1v) is 6.72. The highest BCUT2D eigenvalue weighted by atomic mass is 16.5. The zero-order valence-electron chi connectivity index (χ0n) is 11.4. The van der Waals surface area contributed by atoms with Crippen molar-refractivity contribution in [2.45, 2.75) is 13.5 Å². The van der Waals surface area contributed by atoms with Crippen LogP contribution in [0.4, 0.5) is 0 Å². The van der Waals surface area contributed by atoms with Crippen LogP contribution in [0, 0.1) is 0 Å². The topological polar surface area (TPSA) is 63.9 Å². The molecule has 0 amide bonds. The highest BCUT2D eigenvalue weighted by Crippen LogP contribution is 2.23. The number of imidazole rings is 1. The molecule has 0 spiro atoms. The normalized spacial score (nSPS) is 10.9. The second-order valence-corrected chi connectivity index (χ2v) is 4.60. The summed E-state index contributed by atoms with van der Waals surface area (Å²) in [5, 5.41) is 0. The smallest absolute Gasteiger partial charge is 0.138 e. The fourth-order valence-corrected chi connectivity index (χ4v) is 2.20. The third-order valence-corrected chi connectivity index (χ3v) is 3.22. The van der Waals surface area contributed by atoms with E-state index in [1.165, 1.54) is 0 Å². The number of nitrogens with two attached hydrogens (primary N) is 1. The molecule has 3 N–H and O–H groups in total. The molecule has 1 heterocycles. The number of fused-ring (bicyclic) bond motifs is 1. The van der Waals surface area contributed by atoms with Crippen LogP contribution in [0.15, 0.2) is 42.5 Å². The number of ether oxygens (including phenoxy) is 1. The maximum atomic E-state index is 5.66. The molecule has 3 aromatic rings. The number of H-pyrrole nitrogens is 1. The van der Waals surface area contributed by atoms with E-state index in [1.807, 2.05) is 49.4 Å². The quantitative estimate of drug-likeness (QED) is 0.763. The van der Waals surface area contributed by atoms with Gasteiger partial charge < -0.3 is 15.5 Å². The highest BCUT2D eigenvalue weighted by Gasteiger charge is 2.06. The van der Waals surface area contributed by atoms with Gasteiger partial charge in [0.1, 0.15) is 11.6 Å². The third-order valence-electron chi connectivity index (χ3n) is 3.22. The Morgan fingerprint density at radius 1 is 1.15 bits per heavy atom. The Labute approximate surface area is 117 Å². The summed E-state index contributed by atoms with van der Waals surface area (Å²) in [6.07, 6.45) is 0.